The van der Waals surface area contributed by atoms with Crippen LogP contribution < -0.4 is 5.32 Å². The first kappa shape index (κ1) is 9.11. The van der Waals surface area contributed by atoms with Crippen LogP contribution in [0.4, 0.5) is 5.69 Å². The maximum absolute atomic E-state index is 3.11. The predicted molar refractivity (Wildman–Crippen MR) is 54.7 cm³/mol. The van der Waals surface area contributed by atoms with Gasteiger partial charge in [0.15, 0.2) is 0 Å². The SMILES string of the molecule is CC[C@@H](C)c1ccc(NC)cc1. The summed E-state index contributed by atoms with van der Waals surface area (Å²) < 4.78 is 0. The van der Waals surface area contributed by atoms with Gasteiger partial charge in [0.1, 0.15) is 0 Å². The third-order valence-corrected chi connectivity index (χ3v) is 2.38. The summed E-state index contributed by atoms with van der Waals surface area (Å²) in [4.78, 5) is 0. The molecule has 0 spiro atoms. The van der Waals surface area contributed by atoms with E-state index >= 15 is 0 Å². The van der Waals surface area contributed by atoms with Crippen molar-refractivity contribution in [2.75, 3.05) is 12.4 Å². The number of nitrogens with one attached hydrogen (secondary N) is 1. The molecule has 0 aromatic heterocycles. The third-order valence-electron chi connectivity index (χ3n) is 2.38. The molecule has 0 saturated heterocycles. The molecule has 0 bridgehead atoms. The van der Waals surface area contributed by atoms with Crippen LogP contribution in [0.15, 0.2) is 24.3 Å². The lowest BCUT2D eigenvalue weighted by Gasteiger charge is -2.09. The standard InChI is InChI=1S/C11H17N/c1-4-9(2)10-5-7-11(12-3)8-6-10/h5-9,12H,4H2,1-3H3/t9-/m1/s1. The van der Waals surface area contributed by atoms with Crippen LogP contribution in [-0.2, 0) is 0 Å². The molecule has 66 valence electrons. The molecule has 0 aliphatic heterocycles. The van der Waals surface area contributed by atoms with Crippen LogP contribution in [0, 0.1) is 0 Å². The number of rotatable bonds is 3. The topological polar surface area (TPSA) is 12.0 Å². The fourth-order valence-electron chi connectivity index (χ4n) is 1.21. The van der Waals surface area contributed by atoms with Gasteiger partial charge in [-0.15, -0.1) is 0 Å². The molecule has 1 atom stereocenters. The van der Waals surface area contributed by atoms with Crippen LogP contribution in [0.3, 0.4) is 0 Å². The van der Waals surface area contributed by atoms with Crippen molar-refractivity contribution in [1.82, 2.24) is 0 Å². The first-order valence-corrected chi connectivity index (χ1v) is 4.55. The van der Waals surface area contributed by atoms with Crippen LogP contribution >= 0.6 is 0 Å². The minimum Gasteiger partial charge on any atom is -0.388 e. The molecule has 12 heavy (non-hydrogen) atoms. The summed E-state index contributed by atoms with van der Waals surface area (Å²) in [6.45, 7) is 4.48. The Morgan fingerprint density at radius 1 is 1.25 bits per heavy atom. The maximum atomic E-state index is 3.11. The van der Waals surface area contributed by atoms with Crippen LogP contribution in [0.1, 0.15) is 31.7 Å². The Kier molecular flexibility index (Phi) is 3.15. The number of anilines is 1. The Hall–Kier alpha value is -0.980. The van der Waals surface area contributed by atoms with E-state index in [2.05, 4.69) is 43.4 Å². The molecule has 0 saturated carbocycles. The van der Waals surface area contributed by atoms with Crippen molar-refractivity contribution in [3.05, 3.63) is 29.8 Å². The molecule has 0 radical (unpaired) electrons. The second kappa shape index (κ2) is 4.15. The van der Waals surface area contributed by atoms with Crippen LogP contribution in [0.25, 0.3) is 0 Å². The van der Waals surface area contributed by atoms with Crippen LogP contribution in [0.5, 0.6) is 0 Å². The zero-order valence-electron chi connectivity index (χ0n) is 8.09. The molecule has 0 heterocycles. The van der Waals surface area contributed by atoms with Crippen LogP contribution in [-0.4, -0.2) is 7.05 Å². The summed E-state index contributed by atoms with van der Waals surface area (Å²) in [6.07, 6.45) is 1.21. The van der Waals surface area contributed by atoms with E-state index in [9.17, 15) is 0 Å². The molecular weight excluding hydrogens is 146 g/mol. The minimum absolute atomic E-state index is 0.677. The highest BCUT2D eigenvalue weighted by atomic mass is 14.8. The highest BCUT2D eigenvalue weighted by molar-refractivity contribution is 5.44. The first-order chi connectivity index (χ1) is 5.77. The summed E-state index contributed by atoms with van der Waals surface area (Å²) in [5.41, 5.74) is 2.61. The molecule has 1 N–H and O–H groups in total. The van der Waals surface area contributed by atoms with Gasteiger partial charge in [-0.3, -0.25) is 0 Å². The predicted octanol–water partition coefficient (Wildman–Crippen LogP) is 3.24. The van der Waals surface area contributed by atoms with E-state index in [-0.39, 0.29) is 0 Å². The molecule has 1 rings (SSSR count). The lowest BCUT2D eigenvalue weighted by atomic mass is 9.99. The lowest BCUT2D eigenvalue weighted by Crippen LogP contribution is -1.92. The van der Waals surface area contributed by atoms with Crippen molar-refractivity contribution >= 4 is 5.69 Å². The maximum Gasteiger partial charge on any atom is 0.0337 e. The van der Waals surface area contributed by atoms with Gasteiger partial charge in [-0.1, -0.05) is 26.0 Å². The van der Waals surface area contributed by atoms with Gasteiger partial charge < -0.3 is 5.32 Å². The number of hydrogen-bond acceptors (Lipinski definition) is 1. The molecule has 0 aliphatic rings. The molecule has 1 aromatic rings. The van der Waals surface area contributed by atoms with Gasteiger partial charge in [-0.2, -0.15) is 0 Å². The van der Waals surface area contributed by atoms with Crippen molar-refractivity contribution in [2.45, 2.75) is 26.2 Å². The fraction of sp³-hybridized carbons (Fsp3) is 0.455. The highest BCUT2D eigenvalue weighted by Gasteiger charge is 2.00. The van der Waals surface area contributed by atoms with Gasteiger partial charge in [0.25, 0.3) is 0 Å². The van der Waals surface area contributed by atoms with E-state index in [1.807, 2.05) is 7.05 Å². The Balaban J connectivity index is 2.77. The van der Waals surface area contributed by atoms with Crippen LogP contribution in [0.2, 0.25) is 0 Å². The fourth-order valence-corrected chi connectivity index (χ4v) is 1.21. The summed E-state index contributed by atoms with van der Waals surface area (Å²) in [7, 11) is 1.94. The number of hydrogen-bond donors (Lipinski definition) is 1. The average Bonchev–Trinajstić information content (AvgIpc) is 2.17. The van der Waals surface area contributed by atoms with E-state index in [4.69, 9.17) is 0 Å². The van der Waals surface area contributed by atoms with Gasteiger partial charge in [0.05, 0.1) is 0 Å². The smallest absolute Gasteiger partial charge is 0.0337 e. The molecule has 1 nitrogen and oxygen atoms in total. The Labute approximate surface area is 74.8 Å². The molecule has 0 amide bonds. The average molecular weight is 163 g/mol. The monoisotopic (exact) mass is 163 g/mol. The normalized spacial score (nSPS) is 12.6. The zero-order valence-corrected chi connectivity index (χ0v) is 8.09. The highest BCUT2D eigenvalue weighted by Crippen LogP contribution is 2.19. The van der Waals surface area contributed by atoms with Gasteiger partial charge in [-0.05, 0) is 30.0 Å². The van der Waals surface area contributed by atoms with E-state index in [1.54, 1.807) is 0 Å². The second-order valence-electron chi connectivity index (χ2n) is 3.18. The summed E-state index contributed by atoms with van der Waals surface area (Å²) in [6, 6.07) is 8.64. The largest absolute Gasteiger partial charge is 0.388 e. The van der Waals surface area contributed by atoms with Gasteiger partial charge in [-0.25, -0.2) is 0 Å². The zero-order chi connectivity index (χ0) is 8.97. The molecule has 0 fully saturated rings. The molecule has 0 unspecified atom stereocenters. The van der Waals surface area contributed by atoms with Gasteiger partial charge in [0, 0.05) is 12.7 Å². The van der Waals surface area contributed by atoms with Crippen molar-refractivity contribution < 1.29 is 0 Å². The Bertz CT molecular complexity index is 225. The quantitative estimate of drug-likeness (QED) is 0.721. The van der Waals surface area contributed by atoms with E-state index in [0.29, 0.717) is 5.92 Å². The van der Waals surface area contributed by atoms with E-state index in [0.717, 1.165) is 0 Å². The number of benzene rings is 1. The van der Waals surface area contributed by atoms with Gasteiger partial charge >= 0.3 is 0 Å². The van der Waals surface area contributed by atoms with E-state index < -0.39 is 0 Å². The van der Waals surface area contributed by atoms with Crippen molar-refractivity contribution in [1.29, 1.82) is 0 Å². The molecular formula is C11H17N. The summed E-state index contributed by atoms with van der Waals surface area (Å²) in [5.74, 6) is 0.677. The summed E-state index contributed by atoms with van der Waals surface area (Å²) >= 11 is 0. The van der Waals surface area contributed by atoms with E-state index in [1.165, 1.54) is 17.7 Å². The molecule has 1 aromatic carbocycles. The molecule has 0 aliphatic carbocycles. The summed E-state index contributed by atoms with van der Waals surface area (Å²) in [5, 5.41) is 3.11. The van der Waals surface area contributed by atoms with Crippen molar-refractivity contribution in [2.24, 2.45) is 0 Å². The Morgan fingerprint density at radius 3 is 2.25 bits per heavy atom. The first-order valence-electron chi connectivity index (χ1n) is 4.55. The Morgan fingerprint density at radius 2 is 1.83 bits per heavy atom. The second-order valence-corrected chi connectivity index (χ2v) is 3.18. The van der Waals surface area contributed by atoms with Gasteiger partial charge in [0.2, 0.25) is 0 Å². The lowest BCUT2D eigenvalue weighted by molar-refractivity contribution is 0.734. The molecule has 1 heteroatoms. The minimum atomic E-state index is 0.677. The van der Waals surface area contributed by atoms with Crippen molar-refractivity contribution in [3.8, 4) is 0 Å². The third kappa shape index (κ3) is 2.00. The van der Waals surface area contributed by atoms with Crippen molar-refractivity contribution in [3.63, 3.8) is 0 Å².